The molecule has 2 heterocycles. The van der Waals surface area contributed by atoms with Crippen LogP contribution in [-0.4, -0.2) is 0 Å². The molecule has 0 unspecified atom stereocenters. The number of aryl methyl sites for hydroxylation is 2. The average molecular weight is 759 g/mol. The van der Waals surface area contributed by atoms with Crippen LogP contribution in [0.1, 0.15) is 83.3 Å². The Balaban J connectivity index is 1.14. The molecule has 0 saturated carbocycles. The summed E-state index contributed by atoms with van der Waals surface area (Å²) >= 11 is 0. The standard InChI is InChI=1S/C57H46N2/c1-35-23-29-53-49(31-35)55(3,4)45-19-11-13-21-51(45)58(53)37-25-27-41-42-28-26-38(59-52-22-14-12-20-46(52)56(5,6)50-32-36(2)24-30-54(50)59)34-48(42)57(47(41)33-37)43-17-9-7-15-39(43)40-16-8-10-18-44(40)57/h7-34H,1-6H3. The third kappa shape index (κ3) is 4.36. The molecule has 0 radical (unpaired) electrons. The topological polar surface area (TPSA) is 6.48 Å². The molecule has 0 bridgehead atoms. The normalized spacial score (nSPS) is 16.3. The molecular weight excluding hydrogens is 713 g/mol. The maximum Gasteiger partial charge on any atom is 0.0727 e. The number of fused-ring (bicyclic) bond motifs is 14. The van der Waals surface area contributed by atoms with E-state index in [9.17, 15) is 0 Å². The lowest BCUT2D eigenvalue weighted by Crippen LogP contribution is -2.31. The van der Waals surface area contributed by atoms with Crippen molar-refractivity contribution < 1.29 is 0 Å². The fourth-order valence-electron chi connectivity index (χ4n) is 11.6. The highest BCUT2D eigenvalue weighted by atomic mass is 15.2. The van der Waals surface area contributed by atoms with E-state index in [1.807, 2.05) is 0 Å². The predicted octanol–water partition coefficient (Wildman–Crippen LogP) is 14.9. The molecule has 2 nitrogen and oxygen atoms in total. The Bertz CT molecular complexity index is 2900. The van der Waals surface area contributed by atoms with Gasteiger partial charge in [0.25, 0.3) is 0 Å². The largest absolute Gasteiger partial charge is 0.310 e. The van der Waals surface area contributed by atoms with E-state index in [1.54, 1.807) is 0 Å². The zero-order valence-corrected chi connectivity index (χ0v) is 34.6. The number of hydrogen-bond donors (Lipinski definition) is 0. The van der Waals surface area contributed by atoms with Crippen LogP contribution < -0.4 is 9.80 Å². The lowest BCUT2D eigenvalue weighted by atomic mass is 9.70. The molecule has 12 rings (SSSR count). The fourth-order valence-corrected chi connectivity index (χ4v) is 11.6. The van der Waals surface area contributed by atoms with Crippen LogP contribution in [0.15, 0.2) is 170 Å². The average Bonchev–Trinajstić information content (AvgIpc) is 3.71. The zero-order chi connectivity index (χ0) is 40.0. The van der Waals surface area contributed by atoms with Crippen LogP contribution in [0.5, 0.6) is 0 Å². The van der Waals surface area contributed by atoms with Crippen LogP contribution in [0.25, 0.3) is 22.3 Å². The SMILES string of the molecule is Cc1ccc2c(c1)C(C)(C)c1ccccc1N2c1ccc2c(c1)C1(c3ccccc3-c3ccccc31)c1cc(N3c4ccccc4C(C)(C)c4cc(C)ccc43)ccc1-2. The Morgan fingerprint density at radius 3 is 1.10 bits per heavy atom. The molecule has 59 heavy (non-hydrogen) atoms. The van der Waals surface area contributed by atoms with Crippen LogP contribution in [-0.2, 0) is 16.2 Å². The molecule has 2 heteroatoms. The molecule has 284 valence electrons. The monoisotopic (exact) mass is 758 g/mol. The van der Waals surface area contributed by atoms with Crippen molar-refractivity contribution in [1.29, 1.82) is 0 Å². The third-order valence-electron chi connectivity index (χ3n) is 14.3. The van der Waals surface area contributed by atoms with E-state index >= 15 is 0 Å². The second-order valence-corrected chi connectivity index (χ2v) is 18.3. The minimum absolute atomic E-state index is 0.137. The van der Waals surface area contributed by atoms with E-state index in [0.717, 1.165) is 0 Å². The van der Waals surface area contributed by atoms with Gasteiger partial charge < -0.3 is 9.80 Å². The number of anilines is 6. The summed E-state index contributed by atoms with van der Waals surface area (Å²) in [5.74, 6) is 0. The third-order valence-corrected chi connectivity index (χ3v) is 14.3. The van der Waals surface area contributed by atoms with Crippen molar-refractivity contribution in [3.05, 3.63) is 225 Å². The lowest BCUT2D eigenvalue weighted by Gasteiger charge is -2.42. The second-order valence-electron chi connectivity index (χ2n) is 18.3. The summed E-state index contributed by atoms with van der Waals surface area (Å²) in [6.45, 7) is 13.9. The molecule has 2 aliphatic carbocycles. The lowest BCUT2D eigenvalue weighted by molar-refractivity contribution is 0.631. The Morgan fingerprint density at radius 2 is 0.661 bits per heavy atom. The highest BCUT2D eigenvalue weighted by molar-refractivity contribution is 5.98. The number of benzene rings is 8. The summed E-state index contributed by atoms with van der Waals surface area (Å²) in [7, 11) is 0. The van der Waals surface area contributed by atoms with Crippen molar-refractivity contribution in [2.45, 2.75) is 57.8 Å². The molecule has 8 aromatic rings. The van der Waals surface area contributed by atoms with E-state index in [2.05, 4.69) is 221 Å². The van der Waals surface area contributed by atoms with Crippen molar-refractivity contribution in [3.8, 4) is 22.3 Å². The van der Waals surface area contributed by atoms with Crippen LogP contribution in [0.4, 0.5) is 34.1 Å². The van der Waals surface area contributed by atoms with Gasteiger partial charge in [-0.3, -0.25) is 0 Å². The van der Waals surface area contributed by atoms with Crippen LogP contribution in [0, 0.1) is 13.8 Å². The Morgan fingerprint density at radius 1 is 0.305 bits per heavy atom. The summed E-state index contributed by atoms with van der Waals surface area (Å²) in [5.41, 5.74) is 25.1. The van der Waals surface area contributed by atoms with Gasteiger partial charge in [0.1, 0.15) is 0 Å². The summed E-state index contributed by atoms with van der Waals surface area (Å²) in [6.07, 6.45) is 0. The molecule has 0 amide bonds. The molecule has 4 aliphatic rings. The molecule has 2 aliphatic heterocycles. The van der Waals surface area contributed by atoms with Crippen molar-refractivity contribution >= 4 is 34.1 Å². The van der Waals surface area contributed by atoms with Gasteiger partial charge in [0.15, 0.2) is 0 Å². The van der Waals surface area contributed by atoms with Gasteiger partial charge in [-0.05, 0) is 129 Å². The summed E-state index contributed by atoms with van der Waals surface area (Å²) < 4.78 is 0. The second kappa shape index (κ2) is 11.7. The van der Waals surface area contributed by atoms with Crippen LogP contribution >= 0.6 is 0 Å². The van der Waals surface area contributed by atoms with Gasteiger partial charge in [0.2, 0.25) is 0 Å². The highest BCUT2D eigenvalue weighted by Gasteiger charge is 2.52. The zero-order valence-electron chi connectivity index (χ0n) is 34.6. The van der Waals surface area contributed by atoms with Gasteiger partial charge in [0.05, 0.1) is 28.2 Å². The van der Waals surface area contributed by atoms with Crippen LogP contribution in [0.3, 0.4) is 0 Å². The molecule has 0 fully saturated rings. The Kier molecular flexibility index (Phi) is 6.84. The minimum Gasteiger partial charge on any atom is -0.310 e. The number of para-hydroxylation sites is 2. The number of rotatable bonds is 2. The first-order valence-electron chi connectivity index (χ1n) is 21.1. The van der Waals surface area contributed by atoms with Gasteiger partial charge >= 0.3 is 0 Å². The summed E-state index contributed by atoms with van der Waals surface area (Å²) in [4.78, 5) is 5.05. The predicted molar refractivity (Wildman–Crippen MR) is 246 cm³/mol. The van der Waals surface area contributed by atoms with Crippen molar-refractivity contribution in [2.24, 2.45) is 0 Å². The van der Waals surface area contributed by atoms with E-state index < -0.39 is 5.41 Å². The first-order valence-corrected chi connectivity index (χ1v) is 21.1. The molecule has 0 aromatic heterocycles. The van der Waals surface area contributed by atoms with Gasteiger partial charge in [-0.1, -0.05) is 160 Å². The van der Waals surface area contributed by atoms with Gasteiger partial charge in [-0.15, -0.1) is 0 Å². The van der Waals surface area contributed by atoms with Gasteiger partial charge in [0, 0.05) is 22.2 Å². The number of hydrogen-bond acceptors (Lipinski definition) is 2. The molecular formula is C57H46N2. The maximum absolute atomic E-state index is 2.53. The first-order chi connectivity index (χ1) is 28.6. The molecule has 1 spiro atoms. The molecule has 0 N–H and O–H groups in total. The Labute approximate surface area is 348 Å². The Hall–Kier alpha value is -6.64. The van der Waals surface area contributed by atoms with Gasteiger partial charge in [-0.2, -0.15) is 0 Å². The molecule has 0 saturated heterocycles. The summed E-state index contributed by atoms with van der Waals surface area (Å²) in [6, 6.07) is 65.0. The van der Waals surface area contributed by atoms with Crippen molar-refractivity contribution in [1.82, 2.24) is 0 Å². The van der Waals surface area contributed by atoms with E-state index in [1.165, 1.54) is 112 Å². The molecule has 8 aromatic carbocycles. The smallest absolute Gasteiger partial charge is 0.0727 e. The fraction of sp³-hybridized carbons (Fsp3) is 0.158. The van der Waals surface area contributed by atoms with Crippen molar-refractivity contribution in [3.63, 3.8) is 0 Å². The number of nitrogens with zero attached hydrogens (tertiary/aromatic N) is 2. The summed E-state index contributed by atoms with van der Waals surface area (Å²) in [5, 5.41) is 0. The quantitative estimate of drug-likeness (QED) is 0.173. The van der Waals surface area contributed by atoms with Crippen molar-refractivity contribution in [2.75, 3.05) is 9.80 Å². The highest BCUT2D eigenvalue weighted by Crippen LogP contribution is 2.65. The first kappa shape index (κ1) is 34.4. The molecule has 0 atom stereocenters. The minimum atomic E-state index is -0.515. The van der Waals surface area contributed by atoms with E-state index in [0.29, 0.717) is 0 Å². The van der Waals surface area contributed by atoms with Crippen LogP contribution in [0.2, 0.25) is 0 Å². The van der Waals surface area contributed by atoms with E-state index in [-0.39, 0.29) is 10.8 Å². The maximum atomic E-state index is 2.53. The van der Waals surface area contributed by atoms with Gasteiger partial charge in [-0.25, -0.2) is 0 Å². The van der Waals surface area contributed by atoms with E-state index in [4.69, 9.17) is 0 Å².